The van der Waals surface area contributed by atoms with E-state index in [0.29, 0.717) is 44.1 Å². The number of benzene rings is 1. The molecule has 0 radical (unpaired) electrons. The van der Waals surface area contributed by atoms with Gasteiger partial charge >= 0.3 is 0 Å². The van der Waals surface area contributed by atoms with Gasteiger partial charge in [-0.05, 0) is 29.1 Å². The summed E-state index contributed by atoms with van der Waals surface area (Å²) in [6.07, 6.45) is 0.326. The van der Waals surface area contributed by atoms with Gasteiger partial charge in [-0.3, -0.25) is 9.69 Å². The first kappa shape index (κ1) is 19.2. The van der Waals surface area contributed by atoms with E-state index in [1.54, 1.807) is 25.6 Å². The summed E-state index contributed by atoms with van der Waals surface area (Å²) < 4.78 is 10.5. The van der Waals surface area contributed by atoms with Gasteiger partial charge in [0.1, 0.15) is 6.04 Å². The third-order valence-corrected chi connectivity index (χ3v) is 5.70. The summed E-state index contributed by atoms with van der Waals surface area (Å²) in [6, 6.07) is 11.7. The lowest BCUT2D eigenvalue weighted by molar-refractivity contribution is -0.132. The second kappa shape index (κ2) is 8.89. The number of hydrogen-bond donors (Lipinski definition) is 0. The van der Waals surface area contributed by atoms with Crippen LogP contribution < -0.4 is 9.47 Å². The van der Waals surface area contributed by atoms with E-state index >= 15 is 0 Å². The molecule has 0 bridgehead atoms. The van der Waals surface area contributed by atoms with Crippen LogP contribution >= 0.6 is 11.3 Å². The van der Waals surface area contributed by atoms with E-state index in [0.717, 1.165) is 10.4 Å². The Morgan fingerprint density at radius 2 is 1.93 bits per heavy atom. The molecule has 2 aromatic rings. The number of hydrogen-bond acceptors (Lipinski definition) is 6. The van der Waals surface area contributed by atoms with Crippen LogP contribution in [-0.2, 0) is 11.2 Å². The largest absolute Gasteiger partial charge is 0.493 e. The Morgan fingerprint density at radius 1 is 1.19 bits per heavy atom. The number of carbonyl (C=O) groups excluding carboxylic acids is 1. The summed E-state index contributed by atoms with van der Waals surface area (Å²) in [5.74, 6) is 1.37. The Hall–Kier alpha value is -2.56. The van der Waals surface area contributed by atoms with Crippen molar-refractivity contribution in [3.05, 3.63) is 46.2 Å². The van der Waals surface area contributed by atoms with Crippen molar-refractivity contribution in [1.29, 1.82) is 5.26 Å². The SMILES string of the molecule is COc1ccc(CC(=O)N2CCN(C(C#N)c3cccs3)CC2)cc1OC. The van der Waals surface area contributed by atoms with E-state index in [1.165, 1.54) is 0 Å². The molecule has 1 aromatic heterocycles. The first-order chi connectivity index (χ1) is 13.2. The molecule has 3 rings (SSSR count). The predicted molar refractivity (Wildman–Crippen MR) is 104 cm³/mol. The van der Waals surface area contributed by atoms with Gasteiger partial charge in [0.2, 0.25) is 5.91 Å². The van der Waals surface area contributed by atoms with E-state index < -0.39 is 0 Å². The van der Waals surface area contributed by atoms with Crippen molar-refractivity contribution in [2.24, 2.45) is 0 Å². The molecule has 1 saturated heterocycles. The molecule has 1 atom stereocenters. The quantitative estimate of drug-likeness (QED) is 0.765. The molecule has 6 nitrogen and oxygen atoms in total. The summed E-state index contributed by atoms with van der Waals surface area (Å²) in [5.41, 5.74) is 0.897. The smallest absolute Gasteiger partial charge is 0.227 e. The molecule has 142 valence electrons. The third-order valence-electron chi connectivity index (χ3n) is 4.77. The molecule has 27 heavy (non-hydrogen) atoms. The fraction of sp³-hybridized carbons (Fsp3) is 0.400. The Balaban J connectivity index is 1.58. The van der Waals surface area contributed by atoms with Gasteiger partial charge in [0.15, 0.2) is 11.5 Å². The van der Waals surface area contributed by atoms with Gasteiger partial charge in [-0.25, -0.2) is 0 Å². The lowest BCUT2D eigenvalue weighted by atomic mass is 10.1. The second-order valence-electron chi connectivity index (χ2n) is 6.33. The molecular formula is C20H23N3O3S. The van der Waals surface area contributed by atoms with Gasteiger partial charge < -0.3 is 14.4 Å². The topological polar surface area (TPSA) is 65.8 Å². The lowest BCUT2D eigenvalue weighted by Gasteiger charge is -2.36. The number of ether oxygens (including phenoxy) is 2. The number of piperazine rings is 1. The Labute approximate surface area is 163 Å². The van der Waals surface area contributed by atoms with Gasteiger partial charge in [-0.2, -0.15) is 5.26 Å². The van der Waals surface area contributed by atoms with E-state index in [4.69, 9.17) is 9.47 Å². The molecule has 1 aliphatic heterocycles. The summed E-state index contributed by atoms with van der Waals surface area (Å²) >= 11 is 1.60. The molecule has 2 heterocycles. The maximum absolute atomic E-state index is 12.7. The molecular weight excluding hydrogens is 362 g/mol. The van der Waals surface area contributed by atoms with Crippen molar-refractivity contribution in [2.45, 2.75) is 12.5 Å². The molecule has 1 amide bonds. The highest BCUT2D eigenvalue weighted by Crippen LogP contribution is 2.28. The Bertz CT molecular complexity index is 808. The Morgan fingerprint density at radius 3 is 2.52 bits per heavy atom. The van der Waals surface area contributed by atoms with E-state index in [2.05, 4.69) is 11.0 Å². The molecule has 0 N–H and O–H groups in total. The highest BCUT2D eigenvalue weighted by atomic mass is 32.1. The number of nitrogens with zero attached hydrogens (tertiary/aromatic N) is 3. The van der Waals surface area contributed by atoms with Crippen molar-refractivity contribution in [2.75, 3.05) is 40.4 Å². The van der Waals surface area contributed by atoms with E-state index in [-0.39, 0.29) is 11.9 Å². The summed E-state index contributed by atoms with van der Waals surface area (Å²) in [6.45, 7) is 2.67. The minimum Gasteiger partial charge on any atom is -0.493 e. The predicted octanol–water partition coefficient (Wildman–Crippen LogP) is 2.72. The zero-order valence-electron chi connectivity index (χ0n) is 15.6. The van der Waals surface area contributed by atoms with Crippen LogP contribution in [0.1, 0.15) is 16.5 Å². The summed E-state index contributed by atoms with van der Waals surface area (Å²) in [5, 5.41) is 11.5. The van der Waals surface area contributed by atoms with Crippen LogP contribution in [0.3, 0.4) is 0 Å². The van der Waals surface area contributed by atoms with Crippen LogP contribution in [0.25, 0.3) is 0 Å². The van der Waals surface area contributed by atoms with Gasteiger partial charge in [-0.1, -0.05) is 12.1 Å². The third kappa shape index (κ3) is 4.41. The maximum Gasteiger partial charge on any atom is 0.227 e. The molecule has 0 aliphatic carbocycles. The van der Waals surface area contributed by atoms with Crippen molar-refractivity contribution in [3.8, 4) is 17.6 Å². The van der Waals surface area contributed by atoms with Crippen LogP contribution in [0.4, 0.5) is 0 Å². The molecule has 0 saturated carbocycles. The molecule has 7 heteroatoms. The zero-order chi connectivity index (χ0) is 19.2. The monoisotopic (exact) mass is 385 g/mol. The first-order valence-corrected chi connectivity index (χ1v) is 9.70. The lowest BCUT2D eigenvalue weighted by Crippen LogP contribution is -2.49. The van der Waals surface area contributed by atoms with Gasteiger partial charge in [0, 0.05) is 31.1 Å². The van der Waals surface area contributed by atoms with Crippen LogP contribution in [0.15, 0.2) is 35.7 Å². The summed E-state index contributed by atoms with van der Waals surface area (Å²) in [7, 11) is 3.18. The summed E-state index contributed by atoms with van der Waals surface area (Å²) in [4.78, 5) is 17.7. The van der Waals surface area contributed by atoms with Crippen LogP contribution in [0.2, 0.25) is 0 Å². The van der Waals surface area contributed by atoms with Crippen molar-refractivity contribution < 1.29 is 14.3 Å². The number of thiophene rings is 1. The second-order valence-corrected chi connectivity index (χ2v) is 7.31. The fourth-order valence-corrected chi connectivity index (χ4v) is 4.08. The van der Waals surface area contributed by atoms with Crippen LogP contribution in [0, 0.1) is 11.3 Å². The van der Waals surface area contributed by atoms with Crippen LogP contribution in [-0.4, -0.2) is 56.1 Å². The number of methoxy groups -OCH3 is 2. The first-order valence-electron chi connectivity index (χ1n) is 8.82. The number of amides is 1. The molecule has 1 unspecified atom stereocenters. The number of carbonyl (C=O) groups is 1. The normalized spacial score (nSPS) is 15.8. The van der Waals surface area contributed by atoms with Crippen molar-refractivity contribution >= 4 is 17.2 Å². The van der Waals surface area contributed by atoms with E-state index in [1.807, 2.05) is 40.6 Å². The number of rotatable bonds is 6. The van der Waals surface area contributed by atoms with Crippen molar-refractivity contribution in [1.82, 2.24) is 9.80 Å². The minimum absolute atomic E-state index is 0.0894. The van der Waals surface area contributed by atoms with Crippen LogP contribution in [0.5, 0.6) is 11.5 Å². The molecule has 1 aliphatic rings. The zero-order valence-corrected chi connectivity index (χ0v) is 16.4. The van der Waals surface area contributed by atoms with Gasteiger partial charge in [0.05, 0.1) is 26.7 Å². The van der Waals surface area contributed by atoms with Gasteiger partial charge in [0.25, 0.3) is 0 Å². The minimum atomic E-state index is -0.229. The molecule has 1 fully saturated rings. The van der Waals surface area contributed by atoms with E-state index in [9.17, 15) is 10.1 Å². The highest BCUT2D eigenvalue weighted by Gasteiger charge is 2.27. The van der Waals surface area contributed by atoms with Crippen molar-refractivity contribution in [3.63, 3.8) is 0 Å². The number of nitriles is 1. The highest BCUT2D eigenvalue weighted by molar-refractivity contribution is 7.10. The fourth-order valence-electron chi connectivity index (χ4n) is 3.28. The Kier molecular flexibility index (Phi) is 6.32. The van der Waals surface area contributed by atoms with Gasteiger partial charge in [-0.15, -0.1) is 11.3 Å². The standard InChI is InChI=1S/C20H23N3O3S/c1-25-17-6-5-15(12-18(17)26-2)13-20(24)23-9-7-22(8-10-23)16(14-21)19-4-3-11-27-19/h3-6,11-12,16H,7-10,13H2,1-2H3. The molecule has 1 aromatic carbocycles. The average molecular weight is 385 g/mol. The molecule has 0 spiro atoms. The maximum atomic E-state index is 12.7. The average Bonchev–Trinajstić information content (AvgIpc) is 3.23.